The second-order valence-electron chi connectivity index (χ2n) is 4.19. The van der Waals surface area contributed by atoms with Gasteiger partial charge in [-0.3, -0.25) is 4.79 Å². The van der Waals surface area contributed by atoms with Crippen molar-refractivity contribution < 1.29 is 13.9 Å². The molecule has 0 bridgehead atoms. The maximum atomic E-state index is 12.2. The first-order valence-corrected chi connectivity index (χ1v) is 5.73. The van der Waals surface area contributed by atoms with E-state index < -0.39 is 0 Å². The summed E-state index contributed by atoms with van der Waals surface area (Å²) in [5.74, 6) is 0.0722. The number of rotatable bonds is 5. The van der Waals surface area contributed by atoms with E-state index in [-0.39, 0.29) is 11.7 Å². The molecule has 0 N–H and O–H groups in total. The molecule has 2 aromatic rings. The summed E-state index contributed by atoms with van der Waals surface area (Å²) in [6, 6.07) is 7.59. The third kappa shape index (κ3) is 2.39. The number of methoxy groups -OCH3 is 1. The third-order valence-electron chi connectivity index (χ3n) is 2.95. The maximum Gasteiger partial charge on any atom is 0.169 e. The van der Waals surface area contributed by atoms with Crippen LogP contribution < -0.4 is 0 Å². The van der Waals surface area contributed by atoms with Gasteiger partial charge in [0.25, 0.3) is 0 Å². The number of furan rings is 1. The number of ether oxygens (including phenoxy) is 1. The molecule has 0 aliphatic heterocycles. The topological polar surface area (TPSA) is 39.4 Å². The molecule has 0 fully saturated rings. The van der Waals surface area contributed by atoms with E-state index in [1.165, 1.54) is 0 Å². The minimum absolute atomic E-state index is 0.0454. The summed E-state index contributed by atoms with van der Waals surface area (Å²) in [6.07, 6.45) is 2.28. The Labute approximate surface area is 100 Å². The lowest BCUT2D eigenvalue weighted by Crippen LogP contribution is -2.12. The van der Waals surface area contributed by atoms with Gasteiger partial charge in [0, 0.05) is 25.0 Å². The van der Waals surface area contributed by atoms with E-state index >= 15 is 0 Å². The summed E-state index contributed by atoms with van der Waals surface area (Å²) in [5, 5.41) is 0.891. The summed E-state index contributed by atoms with van der Waals surface area (Å²) in [7, 11) is 1.64. The lowest BCUT2D eigenvalue weighted by molar-refractivity contribution is 0.0894. The number of carbonyl (C=O) groups is 1. The van der Waals surface area contributed by atoms with Gasteiger partial charge in [-0.15, -0.1) is 0 Å². The number of Topliss-reactive ketones (excluding diaryl/α,β-unsaturated/α-hetero) is 1. The molecule has 1 heterocycles. The van der Waals surface area contributed by atoms with E-state index in [9.17, 15) is 4.79 Å². The molecule has 1 atom stereocenters. The highest BCUT2D eigenvalue weighted by atomic mass is 16.5. The van der Waals surface area contributed by atoms with Gasteiger partial charge in [0.1, 0.15) is 11.8 Å². The lowest BCUT2D eigenvalue weighted by atomic mass is 9.96. The molecule has 0 saturated heterocycles. The van der Waals surface area contributed by atoms with Crippen molar-refractivity contribution in [3.05, 3.63) is 36.1 Å². The lowest BCUT2D eigenvalue weighted by Gasteiger charge is -2.08. The van der Waals surface area contributed by atoms with Crippen LogP contribution in [0.5, 0.6) is 0 Å². The molecule has 17 heavy (non-hydrogen) atoms. The first-order chi connectivity index (χ1) is 8.24. The molecule has 3 nitrogen and oxygen atoms in total. The van der Waals surface area contributed by atoms with Crippen LogP contribution in [0.3, 0.4) is 0 Å². The summed E-state index contributed by atoms with van der Waals surface area (Å²) >= 11 is 0. The molecule has 2 rings (SSSR count). The van der Waals surface area contributed by atoms with Crippen LogP contribution in [0, 0.1) is 5.92 Å². The molecule has 0 aliphatic carbocycles. The fraction of sp³-hybridized carbons (Fsp3) is 0.357. The average Bonchev–Trinajstić information content (AvgIpc) is 2.78. The van der Waals surface area contributed by atoms with Gasteiger partial charge >= 0.3 is 0 Å². The van der Waals surface area contributed by atoms with Gasteiger partial charge in [-0.25, -0.2) is 0 Å². The summed E-state index contributed by atoms with van der Waals surface area (Å²) in [4.78, 5) is 12.2. The van der Waals surface area contributed by atoms with Crippen molar-refractivity contribution in [1.29, 1.82) is 0 Å². The molecule has 1 aromatic heterocycles. The fourth-order valence-electron chi connectivity index (χ4n) is 1.86. The minimum Gasteiger partial charge on any atom is -0.464 e. The van der Waals surface area contributed by atoms with Crippen molar-refractivity contribution in [3.8, 4) is 0 Å². The Bertz CT molecular complexity index is 513. The van der Waals surface area contributed by atoms with E-state index in [2.05, 4.69) is 0 Å². The minimum atomic E-state index is -0.0454. The van der Waals surface area contributed by atoms with Crippen LogP contribution in [0.1, 0.15) is 23.7 Å². The Kier molecular flexibility index (Phi) is 3.59. The molecule has 1 unspecified atom stereocenters. The Balaban J connectivity index is 2.24. The van der Waals surface area contributed by atoms with Crippen LogP contribution >= 0.6 is 0 Å². The third-order valence-corrected chi connectivity index (χ3v) is 2.95. The van der Waals surface area contributed by atoms with Gasteiger partial charge in [-0.05, 0) is 12.5 Å². The Morgan fingerprint density at radius 2 is 2.18 bits per heavy atom. The second kappa shape index (κ2) is 5.15. The average molecular weight is 232 g/mol. The van der Waals surface area contributed by atoms with Crippen molar-refractivity contribution >= 4 is 16.8 Å². The molecule has 1 aromatic carbocycles. The van der Waals surface area contributed by atoms with Gasteiger partial charge in [0.05, 0.1) is 5.56 Å². The molecule has 0 amide bonds. The summed E-state index contributed by atoms with van der Waals surface area (Å²) < 4.78 is 10.4. The molecule has 0 saturated carbocycles. The highest BCUT2D eigenvalue weighted by Gasteiger charge is 2.19. The number of fused-ring (bicyclic) bond motifs is 1. The number of ketones is 1. The number of benzene rings is 1. The Hall–Kier alpha value is -1.61. The number of carbonyl (C=O) groups excluding carboxylic acids is 1. The highest BCUT2D eigenvalue weighted by molar-refractivity contribution is 6.07. The van der Waals surface area contributed by atoms with Crippen molar-refractivity contribution in [2.24, 2.45) is 5.92 Å². The highest BCUT2D eigenvalue weighted by Crippen LogP contribution is 2.24. The van der Waals surface area contributed by atoms with E-state index in [1.54, 1.807) is 13.4 Å². The van der Waals surface area contributed by atoms with Crippen LogP contribution in [0.2, 0.25) is 0 Å². The first kappa shape index (κ1) is 11.9. The van der Waals surface area contributed by atoms with Gasteiger partial charge in [-0.2, -0.15) is 0 Å². The van der Waals surface area contributed by atoms with Gasteiger partial charge in [0.15, 0.2) is 5.78 Å². The van der Waals surface area contributed by atoms with Crippen LogP contribution in [-0.4, -0.2) is 19.5 Å². The van der Waals surface area contributed by atoms with E-state index in [1.807, 2.05) is 31.2 Å². The van der Waals surface area contributed by atoms with E-state index in [0.717, 1.165) is 17.4 Å². The predicted molar refractivity (Wildman–Crippen MR) is 66.2 cm³/mol. The standard InChI is InChI=1S/C14H16O3/c1-10(7-8-16-2)14(15)12-9-17-13-6-4-3-5-11(12)13/h3-6,9-10H,7-8H2,1-2H3. The number of hydrogen-bond donors (Lipinski definition) is 0. The number of hydrogen-bond acceptors (Lipinski definition) is 3. The predicted octanol–water partition coefficient (Wildman–Crippen LogP) is 3.29. The van der Waals surface area contributed by atoms with Crippen LogP contribution in [-0.2, 0) is 4.74 Å². The van der Waals surface area contributed by atoms with Gasteiger partial charge in [-0.1, -0.05) is 25.1 Å². The van der Waals surface area contributed by atoms with Gasteiger partial charge in [0.2, 0.25) is 0 Å². The number of para-hydroxylation sites is 1. The quantitative estimate of drug-likeness (QED) is 0.742. The van der Waals surface area contributed by atoms with Crippen molar-refractivity contribution in [2.75, 3.05) is 13.7 Å². The molecule has 0 spiro atoms. The van der Waals surface area contributed by atoms with Crippen molar-refractivity contribution in [2.45, 2.75) is 13.3 Å². The van der Waals surface area contributed by atoms with E-state index in [4.69, 9.17) is 9.15 Å². The molecule has 0 aliphatic rings. The zero-order valence-electron chi connectivity index (χ0n) is 10.1. The van der Waals surface area contributed by atoms with Crippen LogP contribution in [0.25, 0.3) is 11.0 Å². The fourth-order valence-corrected chi connectivity index (χ4v) is 1.86. The maximum absolute atomic E-state index is 12.2. The molecular formula is C14H16O3. The normalized spacial score (nSPS) is 12.8. The largest absolute Gasteiger partial charge is 0.464 e. The monoisotopic (exact) mass is 232 g/mol. The molecule has 3 heteroatoms. The van der Waals surface area contributed by atoms with Crippen molar-refractivity contribution in [1.82, 2.24) is 0 Å². The molecule has 90 valence electrons. The molecule has 0 radical (unpaired) electrons. The van der Waals surface area contributed by atoms with Crippen molar-refractivity contribution in [3.63, 3.8) is 0 Å². The second-order valence-corrected chi connectivity index (χ2v) is 4.19. The van der Waals surface area contributed by atoms with E-state index in [0.29, 0.717) is 12.2 Å². The van der Waals surface area contributed by atoms with Crippen LogP contribution in [0.4, 0.5) is 0 Å². The summed E-state index contributed by atoms with van der Waals surface area (Å²) in [5.41, 5.74) is 1.43. The first-order valence-electron chi connectivity index (χ1n) is 5.73. The SMILES string of the molecule is COCCC(C)C(=O)c1coc2ccccc12. The molecular weight excluding hydrogens is 216 g/mol. The Morgan fingerprint density at radius 3 is 2.94 bits per heavy atom. The Morgan fingerprint density at radius 1 is 1.41 bits per heavy atom. The van der Waals surface area contributed by atoms with Gasteiger partial charge < -0.3 is 9.15 Å². The zero-order valence-corrected chi connectivity index (χ0v) is 10.1. The summed E-state index contributed by atoms with van der Waals surface area (Å²) in [6.45, 7) is 2.52. The smallest absolute Gasteiger partial charge is 0.169 e. The zero-order chi connectivity index (χ0) is 12.3. The van der Waals surface area contributed by atoms with Crippen LogP contribution in [0.15, 0.2) is 34.9 Å².